The van der Waals surface area contributed by atoms with Crippen molar-refractivity contribution in [3.63, 3.8) is 0 Å². The van der Waals surface area contributed by atoms with Gasteiger partial charge in [-0.2, -0.15) is 0 Å². The summed E-state index contributed by atoms with van der Waals surface area (Å²) in [7, 11) is 0. The Balaban J connectivity index is 1.99. The molecule has 0 unspecified atom stereocenters. The molecule has 0 saturated carbocycles. The van der Waals surface area contributed by atoms with E-state index in [4.69, 9.17) is 9.47 Å². The van der Waals surface area contributed by atoms with Gasteiger partial charge in [-0.25, -0.2) is 14.0 Å². The molecule has 0 aromatic heterocycles. The van der Waals surface area contributed by atoms with Crippen LogP contribution in [0.1, 0.15) is 19.4 Å². The van der Waals surface area contributed by atoms with Gasteiger partial charge in [0.1, 0.15) is 5.82 Å². The van der Waals surface area contributed by atoms with Gasteiger partial charge in [-0.05, 0) is 17.7 Å². The minimum atomic E-state index is -1.25. The molecule has 1 aliphatic heterocycles. The van der Waals surface area contributed by atoms with Crippen LogP contribution in [-0.2, 0) is 25.6 Å². The molecule has 0 radical (unpaired) electrons. The third-order valence-corrected chi connectivity index (χ3v) is 2.58. The molecule has 1 aliphatic rings. The average Bonchev–Trinajstić information content (AvgIpc) is 2.33. The largest absolute Gasteiger partial charge is 0.419 e. The van der Waals surface area contributed by atoms with E-state index in [9.17, 15) is 14.0 Å². The first-order valence-electron chi connectivity index (χ1n) is 6.02. The third-order valence-electron chi connectivity index (χ3n) is 2.58. The number of ether oxygens (including phenoxy) is 2. The zero-order valence-corrected chi connectivity index (χ0v) is 11.1. The summed E-state index contributed by atoms with van der Waals surface area (Å²) in [6.07, 6.45) is 1.24. The second-order valence-corrected chi connectivity index (χ2v) is 4.74. The number of hydrogen-bond acceptors (Lipinski definition) is 5. The summed E-state index contributed by atoms with van der Waals surface area (Å²) in [6.45, 7) is 3.30. The Morgan fingerprint density at radius 3 is 2.25 bits per heavy atom. The molecule has 1 aromatic rings. The molecule has 1 saturated heterocycles. The molecule has 106 valence electrons. The Kier molecular flexibility index (Phi) is 3.74. The lowest BCUT2D eigenvalue weighted by molar-refractivity contribution is -0.222. The molecule has 0 aliphatic carbocycles. The topological polar surface area (TPSA) is 64.6 Å². The molecule has 1 heterocycles. The van der Waals surface area contributed by atoms with Crippen molar-refractivity contribution in [1.82, 2.24) is 5.32 Å². The minimum absolute atomic E-state index is 0.202. The highest BCUT2D eigenvalue weighted by atomic mass is 19.1. The summed E-state index contributed by atoms with van der Waals surface area (Å²) in [4.78, 5) is 23.3. The summed E-state index contributed by atoms with van der Waals surface area (Å²) >= 11 is 0. The highest BCUT2D eigenvalue weighted by Gasteiger charge is 2.38. The van der Waals surface area contributed by atoms with E-state index in [-0.39, 0.29) is 11.4 Å². The van der Waals surface area contributed by atoms with Crippen molar-refractivity contribution in [3.8, 4) is 0 Å². The van der Waals surface area contributed by atoms with Gasteiger partial charge < -0.3 is 14.8 Å². The number of carbonyl (C=O) groups excluding carboxylic acids is 2. The molecule has 20 heavy (non-hydrogen) atoms. The summed E-state index contributed by atoms with van der Waals surface area (Å²) in [6, 6.07) is 5.86. The Morgan fingerprint density at radius 1 is 1.15 bits per heavy atom. The fraction of sp³-hybridized carbons (Fsp3) is 0.286. The molecule has 0 atom stereocenters. The van der Waals surface area contributed by atoms with Crippen molar-refractivity contribution >= 4 is 11.9 Å². The van der Waals surface area contributed by atoms with Gasteiger partial charge in [-0.1, -0.05) is 12.1 Å². The van der Waals surface area contributed by atoms with Crippen LogP contribution in [0.25, 0.3) is 0 Å². The van der Waals surface area contributed by atoms with Crippen LogP contribution in [0.3, 0.4) is 0 Å². The van der Waals surface area contributed by atoms with Gasteiger partial charge in [0.05, 0.1) is 0 Å². The minimum Gasteiger partial charge on any atom is -0.419 e. The van der Waals surface area contributed by atoms with Crippen molar-refractivity contribution in [2.75, 3.05) is 0 Å². The van der Waals surface area contributed by atoms with Crippen molar-refractivity contribution in [3.05, 3.63) is 47.4 Å². The van der Waals surface area contributed by atoms with Crippen molar-refractivity contribution in [2.24, 2.45) is 0 Å². The van der Waals surface area contributed by atoms with Crippen LogP contribution < -0.4 is 5.32 Å². The van der Waals surface area contributed by atoms with Gasteiger partial charge in [-0.15, -0.1) is 0 Å². The van der Waals surface area contributed by atoms with E-state index in [1.807, 2.05) is 0 Å². The van der Waals surface area contributed by atoms with Crippen LogP contribution in [0, 0.1) is 5.82 Å². The third kappa shape index (κ3) is 3.34. The molecule has 0 amide bonds. The fourth-order valence-corrected chi connectivity index (χ4v) is 1.65. The molecular weight excluding hydrogens is 265 g/mol. The van der Waals surface area contributed by atoms with Crippen LogP contribution in [0.15, 0.2) is 36.0 Å². The Bertz CT molecular complexity index is 541. The number of benzene rings is 1. The highest BCUT2D eigenvalue weighted by molar-refractivity contribution is 6.15. The fourth-order valence-electron chi connectivity index (χ4n) is 1.65. The number of carbonyl (C=O) groups is 2. The lowest BCUT2D eigenvalue weighted by Gasteiger charge is -2.29. The van der Waals surface area contributed by atoms with Crippen molar-refractivity contribution in [1.29, 1.82) is 0 Å². The first-order chi connectivity index (χ1) is 9.37. The maximum atomic E-state index is 12.7. The number of hydrogen-bond donors (Lipinski definition) is 1. The Labute approximate surface area is 115 Å². The summed E-state index contributed by atoms with van der Waals surface area (Å²) in [5, 5.41) is 2.79. The number of rotatable bonds is 3. The monoisotopic (exact) mass is 279 g/mol. The maximum Gasteiger partial charge on any atom is 0.350 e. The second-order valence-electron chi connectivity index (χ2n) is 4.74. The Morgan fingerprint density at radius 2 is 1.70 bits per heavy atom. The van der Waals surface area contributed by atoms with E-state index in [0.717, 1.165) is 5.56 Å². The van der Waals surface area contributed by atoms with E-state index < -0.39 is 17.7 Å². The number of halogens is 1. The van der Waals surface area contributed by atoms with Gasteiger partial charge >= 0.3 is 11.9 Å². The lowest BCUT2D eigenvalue weighted by Crippen LogP contribution is -2.42. The molecule has 5 nitrogen and oxygen atoms in total. The normalized spacial score (nSPS) is 17.2. The molecule has 0 bridgehead atoms. The molecular formula is C14H14FNO4. The number of esters is 2. The van der Waals surface area contributed by atoms with Gasteiger partial charge in [0.2, 0.25) is 0 Å². The summed E-state index contributed by atoms with van der Waals surface area (Å²) in [5.74, 6) is -3.05. The van der Waals surface area contributed by atoms with E-state index in [0.29, 0.717) is 6.54 Å². The molecule has 0 spiro atoms. The lowest BCUT2D eigenvalue weighted by atomic mass is 10.2. The van der Waals surface area contributed by atoms with Gasteiger partial charge in [0.15, 0.2) is 5.57 Å². The van der Waals surface area contributed by atoms with Crippen LogP contribution in [0.2, 0.25) is 0 Å². The smallest absolute Gasteiger partial charge is 0.350 e. The molecule has 6 heteroatoms. The number of nitrogens with one attached hydrogen (secondary N) is 1. The molecule has 2 rings (SSSR count). The first kappa shape index (κ1) is 14.0. The standard InChI is InChI=1S/C14H14FNO4/c1-14(2)19-12(17)11(13(18)20-14)8-16-7-9-3-5-10(15)6-4-9/h3-6,8,16H,7H2,1-2H3. The highest BCUT2D eigenvalue weighted by Crippen LogP contribution is 2.22. The van der Waals surface area contributed by atoms with E-state index in [1.54, 1.807) is 12.1 Å². The maximum absolute atomic E-state index is 12.7. The van der Waals surface area contributed by atoms with E-state index in [1.165, 1.54) is 32.2 Å². The zero-order valence-electron chi connectivity index (χ0n) is 11.1. The average molecular weight is 279 g/mol. The molecule has 1 N–H and O–H groups in total. The zero-order chi connectivity index (χ0) is 14.8. The van der Waals surface area contributed by atoms with Crippen LogP contribution in [-0.4, -0.2) is 17.7 Å². The van der Waals surface area contributed by atoms with Crippen LogP contribution >= 0.6 is 0 Å². The molecule has 1 aromatic carbocycles. The Hall–Kier alpha value is -2.37. The van der Waals surface area contributed by atoms with E-state index >= 15 is 0 Å². The van der Waals surface area contributed by atoms with Gasteiger partial charge in [0.25, 0.3) is 5.79 Å². The predicted molar refractivity (Wildman–Crippen MR) is 67.6 cm³/mol. The predicted octanol–water partition coefficient (Wildman–Crippen LogP) is 1.64. The van der Waals surface area contributed by atoms with Crippen molar-refractivity contribution in [2.45, 2.75) is 26.2 Å². The second kappa shape index (κ2) is 5.32. The van der Waals surface area contributed by atoms with Crippen LogP contribution in [0.4, 0.5) is 4.39 Å². The van der Waals surface area contributed by atoms with Gasteiger partial charge in [-0.3, -0.25) is 0 Å². The van der Waals surface area contributed by atoms with E-state index in [2.05, 4.69) is 5.32 Å². The molecule has 1 fully saturated rings. The van der Waals surface area contributed by atoms with Crippen molar-refractivity contribution < 1.29 is 23.5 Å². The SMILES string of the molecule is CC1(C)OC(=O)C(=CNCc2ccc(F)cc2)C(=O)O1. The summed E-state index contributed by atoms with van der Waals surface area (Å²) in [5.41, 5.74) is 0.604. The first-order valence-corrected chi connectivity index (χ1v) is 6.02. The van der Waals surface area contributed by atoms with Gasteiger partial charge in [0, 0.05) is 26.6 Å². The van der Waals surface area contributed by atoms with Crippen LogP contribution in [0.5, 0.6) is 0 Å². The number of cyclic esters (lactones) is 2. The summed E-state index contributed by atoms with van der Waals surface area (Å²) < 4.78 is 22.6. The quantitative estimate of drug-likeness (QED) is 0.517.